The van der Waals surface area contributed by atoms with Crippen molar-refractivity contribution in [3.63, 3.8) is 0 Å². The molecule has 1 aliphatic carbocycles. The maximum absolute atomic E-state index is 12.9. The van der Waals surface area contributed by atoms with Gasteiger partial charge in [0, 0.05) is 25.6 Å². The van der Waals surface area contributed by atoms with Gasteiger partial charge in [0.05, 0.1) is 19.1 Å². The number of ether oxygens (including phenoxy) is 1. The van der Waals surface area contributed by atoms with Gasteiger partial charge >= 0.3 is 6.18 Å². The van der Waals surface area contributed by atoms with E-state index >= 15 is 0 Å². The summed E-state index contributed by atoms with van der Waals surface area (Å²) >= 11 is 0. The molecule has 0 spiro atoms. The highest BCUT2D eigenvalue weighted by molar-refractivity contribution is 5.85. The third-order valence-electron chi connectivity index (χ3n) is 4.32. The Morgan fingerprint density at radius 1 is 1.27 bits per heavy atom. The Morgan fingerprint density at radius 3 is 2.64 bits per heavy atom. The van der Waals surface area contributed by atoms with E-state index in [1.807, 2.05) is 0 Å². The second-order valence-electron chi connectivity index (χ2n) is 5.93. The van der Waals surface area contributed by atoms with E-state index in [-0.39, 0.29) is 43.7 Å². The van der Waals surface area contributed by atoms with Crippen LogP contribution < -0.4 is 10.6 Å². The van der Waals surface area contributed by atoms with Crippen molar-refractivity contribution < 1.29 is 22.7 Å². The second kappa shape index (κ2) is 8.93. The van der Waals surface area contributed by atoms with Crippen LogP contribution in [0.25, 0.3) is 0 Å². The van der Waals surface area contributed by atoms with Gasteiger partial charge in [-0.3, -0.25) is 4.79 Å². The van der Waals surface area contributed by atoms with Gasteiger partial charge in [0.1, 0.15) is 0 Å². The number of morpholine rings is 1. The van der Waals surface area contributed by atoms with Crippen LogP contribution >= 0.6 is 12.4 Å². The van der Waals surface area contributed by atoms with Crippen molar-refractivity contribution in [1.29, 1.82) is 0 Å². The summed E-state index contributed by atoms with van der Waals surface area (Å²) in [5.74, 6) is -1.97. The Labute approximate surface area is 134 Å². The number of nitrogens with one attached hydrogen (secondary N) is 2. The molecule has 0 bridgehead atoms. The summed E-state index contributed by atoms with van der Waals surface area (Å²) in [6, 6.07) is -0.0384. The minimum Gasteiger partial charge on any atom is -0.378 e. The summed E-state index contributed by atoms with van der Waals surface area (Å²) in [5.41, 5.74) is 0. The SMILES string of the molecule is Cl.O=C(CC1COCCN1)NCC1CCCCC1C(F)(F)F. The number of halogens is 4. The number of hydrogen-bond acceptors (Lipinski definition) is 3. The maximum atomic E-state index is 12.9. The maximum Gasteiger partial charge on any atom is 0.392 e. The lowest BCUT2D eigenvalue weighted by Gasteiger charge is -2.33. The third kappa shape index (κ3) is 5.93. The van der Waals surface area contributed by atoms with E-state index in [4.69, 9.17) is 4.74 Å². The molecule has 0 aromatic heterocycles. The quantitative estimate of drug-likeness (QED) is 0.822. The van der Waals surface area contributed by atoms with Crippen LogP contribution in [0.1, 0.15) is 32.1 Å². The first kappa shape index (κ1) is 19.5. The largest absolute Gasteiger partial charge is 0.392 e. The Balaban J connectivity index is 0.00000242. The predicted molar refractivity (Wildman–Crippen MR) is 79.0 cm³/mol. The molecule has 1 amide bonds. The molecule has 0 aromatic carbocycles. The van der Waals surface area contributed by atoms with Crippen molar-refractivity contribution in [3.8, 4) is 0 Å². The number of rotatable bonds is 4. The van der Waals surface area contributed by atoms with E-state index in [1.165, 1.54) is 0 Å². The van der Waals surface area contributed by atoms with Gasteiger partial charge in [-0.15, -0.1) is 12.4 Å². The first-order valence-corrected chi connectivity index (χ1v) is 7.61. The van der Waals surface area contributed by atoms with Crippen molar-refractivity contribution in [2.75, 3.05) is 26.3 Å². The zero-order chi connectivity index (χ0) is 15.3. The molecular formula is C14H24ClF3N2O2. The van der Waals surface area contributed by atoms with Crippen molar-refractivity contribution in [3.05, 3.63) is 0 Å². The zero-order valence-corrected chi connectivity index (χ0v) is 13.3. The lowest BCUT2D eigenvalue weighted by molar-refractivity contribution is -0.195. The summed E-state index contributed by atoms with van der Waals surface area (Å²) in [6.45, 7) is 1.93. The van der Waals surface area contributed by atoms with E-state index in [0.717, 1.165) is 6.42 Å². The first-order valence-electron chi connectivity index (χ1n) is 7.61. The topological polar surface area (TPSA) is 50.4 Å². The fourth-order valence-corrected chi connectivity index (χ4v) is 3.17. The van der Waals surface area contributed by atoms with E-state index in [1.54, 1.807) is 0 Å². The van der Waals surface area contributed by atoms with Crippen molar-refractivity contribution in [2.24, 2.45) is 11.8 Å². The molecule has 8 heteroatoms. The molecule has 1 heterocycles. The molecule has 130 valence electrons. The molecule has 0 radical (unpaired) electrons. The molecule has 2 aliphatic rings. The Kier molecular flexibility index (Phi) is 7.93. The smallest absolute Gasteiger partial charge is 0.378 e. The average molecular weight is 345 g/mol. The first-order chi connectivity index (χ1) is 9.97. The molecule has 2 fully saturated rings. The number of carbonyl (C=O) groups is 1. The molecule has 22 heavy (non-hydrogen) atoms. The Bertz CT molecular complexity index is 349. The minimum atomic E-state index is -4.16. The van der Waals surface area contributed by atoms with Crippen LogP contribution in [0, 0.1) is 11.8 Å². The highest BCUT2D eigenvalue weighted by Gasteiger charge is 2.45. The molecule has 0 aromatic rings. The Morgan fingerprint density at radius 2 is 2.00 bits per heavy atom. The number of hydrogen-bond donors (Lipinski definition) is 2. The molecule has 4 nitrogen and oxygen atoms in total. The monoisotopic (exact) mass is 344 g/mol. The van der Waals surface area contributed by atoms with Crippen molar-refractivity contribution in [2.45, 2.75) is 44.3 Å². The number of alkyl halides is 3. The van der Waals surface area contributed by atoms with Gasteiger partial charge in [-0.2, -0.15) is 13.2 Å². The van der Waals surface area contributed by atoms with Crippen LogP contribution in [0.2, 0.25) is 0 Å². The molecule has 3 atom stereocenters. The fraction of sp³-hybridized carbons (Fsp3) is 0.929. The highest BCUT2D eigenvalue weighted by Crippen LogP contribution is 2.41. The van der Waals surface area contributed by atoms with Crippen LogP contribution in [0.5, 0.6) is 0 Å². The van der Waals surface area contributed by atoms with Crippen LogP contribution in [0.4, 0.5) is 13.2 Å². The minimum absolute atomic E-state index is 0. The molecule has 2 rings (SSSR count). The summed E-state index contributed by atoms with van der Waals surface area (Å²) in [7, 11) is 0. The zero-order valence-electron chi connectivity index (χ0n) is 12.5. The molecule has 1 saturated heterocycles. The van der Waals surface area contributed by atoms with Gasteiger partial charge in [-0.1, -0.05) is 12.8 Å². The molecule has 3 unspecified atom stereocenters. The lowest BCUT2D eigenvalue weighted by Crippen LogP contribution is -2.45. The molecule has 2 N–H and O–H groups in total. The van der Waals surface area contributed by atoms with Crippen molar-refractivity contribution >= 4 is 18.3 Å². The number of carbonyl (C=O) groups excluding carboxylic acids is 1. The summed E-state index contributed by atoms with van der Waals surface area (Å²) in [4.78, 5) is 11.8. The molecular weight excluding hydrogens is 321 g/mol. The molecule has 1 aliphatic heterocycles. The van der Waals surface area contributed by atoms with Crippen LogP contribution in [-0.2, 0) is 9.53 Å². The van der Waals surface area contributed by atoms with E-state index in [9.17, 15) is 18.0 Å². The van der Waals surface area contributed by atoms with Gasteiger partial charge < -0.3 is 15.4 Å². The van der Waals surface area contributed by atoms with Gasteiger partial charge in [0.15, 0.2) is 0 Å². The standard InChI is InChI=1S/C14H23F3N2O2.ClH/c15-14(16,17)12-4-2-1-3-10(12)8-19-13(20)7-11-9-21-6-5-18-11;/h10-12,18H,1-9H2,(H,19,20);1H. The van der Waals surface area contributed by atoms with Gasteiger partial charge in [0.2, 0.25) is 5.91 Å². The van der Waals surface area contributed by atoms with Gasteiger partial charge in [0.25, 0.3) is 0 Å². The van der Waals surface area contributed by atoms with Crippen LogP contribution in [0.15, 0.2) is 0 Å². The highest BCUT2D eigenvalue weighted by atomic mass is 35.5. The van der Waals surface area contributed by atoms with Gasteiger partial charge in [-0.25, -0.2) is 0 Å². The lowest BCUT2D eigenvalue weighted by atomic mass is 9.78. The fourth-order valence-electron chi connectivity index (χ4n) is 3.17. The van der Waals surface area contributed by atoms with Crippen LogP contribution in [-0.4, -0.2) is 44.4 Å². The van der Waals surface area contributed by atoms with Crippen LogP contribution in [0.3, 0.4) is 0 Å². The number of amides is 1. The Hall–Kier alpha value is -0.530. The normalized spacial score (nSPS) is 29.5. The third-order valence-corrected chi connectivity index (χ3v) is 4.32. The van der Waals surface area contributed by atoms with E-state index in [2.05, 4.69) is 10.6 Å². The summed E-state index contributed by atoms with van der Waals surface area (Å²) in [6.07, 6.45) is -1.75. The van der Waals surface area contributed by atoms with E-state index in [0.29, 0.717) is 32.6 Å². The summed E-state index contributed by atoms with van der Waals surface area (Å²) < 4.78 is 44.1. The summed E-state index contributed by atoms with van der Waals surface area (Å²) in [5, 5.41) is 5.82. The average Bonchev–Trinajstić information content (AvgIpc) is 2.45. The predicted octanol–water partition coefficient (Wildman–Crippen LogP) is 2.27. The van der Waals surface area contributed by atoms with E-state index < -0.39 is 18.0 Å². The van der Waals surface area contributed by atoms with Crippen molar-refractivity contribution in [1.82, 2.24) is 10.6 Å². The second-order valence-corrected chi connectivity index (χ2v) is 5.93. The van der Waals surface area contributed by atoms with Gasteiger partial charge in [-0.05, 0) is 18.8 Å². The molecule has 1 saturated carbocycles.